The van der Waals surface area contributed by atoms with E-state index in [4.69, 9.17) is 16.2 Å². The Morgan fingerprint density at radius 1 is 1.57 bits per heavy atom. The molecule has 4 heteroatoms. The molecule has 0 bridgehead atoms. The molecule has 0 saturated carbocycles. The third kappa shape index (κ3) is 2.26. The SMILES string of the molecule is C=CCc1c(N)cccc1OC(N)=O. The van der Waals surface area contributed by atoms with Gasteiger partial charge in [0.15, 0.2) is 0 Å². The van der Waals surface area contributed by atoms with Crippen molar-refractivity contribution in [2.24, 2.45) is 5.73 Å². The van der Waals surface area contributed by atoms with Gasteiger partial charge in [-0.25, -0.2) is 4.79 Å². The monoisotopic (exact) mass is 192 g/mol. The number of rotatable bonds is 3. The average molecular weight is 192 g/mol. The van der Waals surface area contributed by atoms with E-state index < -0.39 is 6.09 Å². The van der Waals surface area contributed by atoms with Gasteiger partial charge in [0.2, 0.25) is 0 Å². The minimum Gasteiger partial charge on any atom is -0.410 e. The fraction of sp³-hybridized carbons (Fsp3) is 0.100. The molecule has 0 unspecified atom stereocenters. The normalized spacial score (nSPS) is 9.43. The molecule has 0 aliphatic heterocycles. The predicted octanol–water partition coefficient (Wildman–Crippen LogP) is 1.45. The molecule has 1 aromatic carbocycles. The van der Waals surface area contributed by atoms with Crippen LogP contribution >= 0.6 is 0 Å². The molecule has 0 atom stereocenters. The highest BCUT2D eigenvalue weighted by molar-refractivity contribution is 5.70. The second-order valence-corrected chi connectivity index (χ2v) is 2.74. The summed E-state index contributed by atoms with van der Waals surface area (Å²) in [5.41, 5.74) is 11.9. The van der Waals surface area contributed by atoms with Crippen LogP contribution in [0.15, 0.2) is 30.9 Å². The van der Waals surface area contributed by atoms with E-state index in [9.17, 15) is 4.79 Å². The van der Waals surface area contributed by atoms with Crippen molar-refractivity contribution in [3.63, 3.8) is 0 Å². The predicted molar refractivity (Wildman–Crippen MR) is 55.0 cm³/mol. The van der Waals surface area contributed by atoms with Gasteiger partial charge in [0, 0.05) is 11.3 Å². The van der Waals surface area contributed by atoms with E-state index in [2.05, 4.69) is 6.58 Å². The largest absolute Gasteiger partial charge is 0.410 e. The van der Waals surface area contributed by atoms with E-state index in [-0.39, 0.29) is 0 Å². The van der Waals surface area contributed by atoms with Crippen LogP contribution in [0, 0.1) is 0 Å². The molecule has 0 aliphatic rings. The van der Waals surface area contributed by atoms with Crippen LogP contribution in [0.1, 0.15) is 5.56 Å². The first-order chi connectivity index (χ1) is 6.65. The molecule has 1 amide bonds. The van der Waals surface area contributed by atoms with Gasteiger partial charge in [0.25, 0.3) is 0 Å². The van der Waals surface area contributed by atoms with Crippen LogP contribution in [0.4, 0.5) is 10.5 Å². The minimum absolute atomic E-state index is 0.386. The molecular weight excluding hydrogens is 180 g/mol. The Balaban J connectivity index is 3.06. The van der Waals surface area contributed by atoms with E-state index in [0.717, 1.165) is 5.56 Å². The zero-order valence-electron chi connectivity index (χ0n) is 7.69. The van der Waals surface area contributed by atoms with Gasteiger partial charge >= 0.3 is 6.09 Å². The lowest BCUT2D eigenvalue weighted by atomic mass is 10.1. The highest BCUT2D eigenvalue weighted by atomic mass is 16.5. The molecule has 0 spiro atoms. The molecule has 0 aromatic heterocycles. The van der Waals surface area contributed by atoms with Crippen LogP contribution in [-0.2, 0) is 6.42 Å². The number of carbonyl (C=O) groups is 1. The van der Waals surface area contributed by atoms with Crippen molar-refractivity contribution in [2.75, 3.05) is 5.73 Å². The van der Waals surface area contributed by atoms with Gasteiger partial charge in [0.05, 0.1) is 0 Å². The third-order valence-corrected chi connectivity index (χ3v) is 1.73. The zero-order chi connectivity index (χ0) is 10.6. The van der Waals surface area contributed by atoms with Crippen LogP contribution in [0.25, 0.3) is 0 Å². The summed E-state index contributed by atoms with van der Waals surface area (Å²) in [6, 6.07) is 5.06. The first-order valence-corrected chi connectivity index (χ1v) is 4.10. The van der Waals surface area contributed by atoms with Crippen LogP contribution in [0.5, 0.6) is 5.75 Å². The topological polar surface area (TPSA) is 78.3 Å². The van der Waals surface area contributed by atoms with Crippen LogP contribution in [0.2, 0.25) is 0 Å². The fourth-order valence-electron chi connectivity index (χ4n) is 1.15. The van der Waals surface area contributed by atoms with Gasteiger partial charge in [0.1, 0.15) is 5.75 Å². The maximum absolute atomic E-state index is 10.6. The molecule has 4 N–H and O–H groups in total. The molecule has 1 rings (SSSR count). The molecule has 14 heavy (non-hydrogen) atoms. The molecular formula is C10H12N2O2. The molecule has 0 heterocycles. The number of ether oxygens (including phenoxy) is 1. The molecule has 0 radical (unpaired) electrons. The summed E-state index contributed by atoms with van der Waals surface area (Å²) < 4.78 is 4.79. The number of benzene rings is 1. The minimum atomic E-state index is -0.846. The first kappa shape index (κ1) is 10.1. The maximum Gasteiger partial charge on any atom is 0.409 e. The standard InChI is InChI=1S/C10H12N2O2/c1-2-4-7-8(11)5-3-6-9(7)14-10(12)13/h2-3,5-6H,1,4,11H2,(H2,12,13). The van der Waals surface area contributed by atoms with Gasteiger partial charge < -0.3 is 16.2 Å². The Morgan fingerprint density at radius 3 is 2.86 bits per heavy atom. The first-order valence-electron chi connectivity index (χ1n) is 4.10. The van der Waals surface area contributed by atoms with E-state index in [1.807, 2.05) is 0 Å². The summed E-state index contributed by atoms with van der Waals surface area (Å²) >= 11 is 0. The Morgan fingerprint density at radius 2 is 2.29 bits per heavy atom. The van der Waals surface area contributed by atoms with E-state index in [1.165, 1.54) is 0 Å². The second-order valence-electron chi connectivity index (χ2n) is 2.74. The number of nitrogens with two attached hydrogens (primary N) is 2. The number of hydrogen-bond acceptors (Lipinski definition) is 3. The van der Waals surface area contributed by atoms with Crippen molar-refractivity contribution in [2.45, 2.75) is 6.42 Å². The summed E-state index contributed by atoms with van der Waals surface area (Å²) in [6.07, 6.45) is 1.37. The van der Waals surface area contributed by atoms with E-state index in [0.29, 0.717) is 17.9 Å². The number of allylic oxidation sites excluding steroid dienone is 1. The number of anilines is 1. The van der Waals surface area contributed by atoms with Gasteiger partial charge in [-0.1, -0.05) is 12.1 Å². The quantitative estimate of drug-likeness (QED) is 0.562. The molecule has 1 aromatic rings. The summed E-state index contributed by atoms with van der Waals surface area (Å²) in [4.78, 5) is 10.6. The molecule has 74 valence electrons. The van der Waals surface area contributed by atoms with Crippen LogP contribution in [0.3, 0.4) is 0 Å². The van der Waals surface area contributed by atoms with Gasteiger partial charge in [-0.3, -0.25) is 0 Å². The smallest absolute Gasteiger partial charge is 0.409 e. The lowest BCUT2D eigenvalue weighted by molar-refractivity contribution is 0.210. The van der Waals surface area contributed by atoms with Crippen molar-refractivity contribution in [1.29, 1.82) is 0 Å². The lowest BCUT2D eigenvalue weighted by Gasteiger charge is -2.08. The summed E-state index contributed by atoms with van der Waals surface area (Å²) in [7, 11) is 0. The molecule has 4 nitrogen and oxygen atoms in total. The molecule has 0 aliphatic carbocycles. The van der Waals surface area contributed by atoms with E-state index >= 15 is 0 Å². The van der Waals surface area contributed by atoms with Crippen molar-refractivity contribution in [3.05, 3.63) is 36.4 Å². The maximum atomic E-state index is 10.6. The number of hydrogen-bond donors (Lipinski definition) is 2. The Hall–Kier alpha value is -1.97. The van der Waals surface area contributed by atoms with Crippen molar-refractivity contribution in [1.82, 2.24) is 0 Å². The third-order valence-electron chi connectivity index (χ3n) is 1.73. The van der Waals surface area contributed by atoms with Gasteiger partial charge in [-0.15, -0.1) is 6.58 Å². The Labute approximate surface area is 82.2 Å². The highest BCUT2D eigenvalue weighted by Crippen LogP contribution is 2.25. The summed E-state index contributed by atoms with van der Waals surface area (Å²) in [6.45, 7) is 3.59. The summed E-state index contributed by atoms with van der Waals surface area (Å²) in [5.74, 6) is 0.386. The van der Waals surface area contributed by atoms with Crippen LogP contribution < -0.4 is 16.2 Å². The van der Waals surface area contributed by atoms with E-state index in [1.54, 1.807) is 24.3 Å². The van der Waals surface area contributed by atoms with Crippen molar-refractivity contribution in [3.8, 4) is 5.75 Å². The number of carbonyl (C=O) groups excluding carboxylic acids is 1. The number of amides is 1. The lowest BCUT2D eigenvalue weighted by Crippen LogP contribution is -2.17. The fourth-order valence-corrected chi connectivity index (χ4v) is 1.15. The number of primary amides is 1. The second kappa shape index (κ2) is 4.32. The van der Waals surface area contributed by atoms with Gasteiger partial charge in [-0.05, 0) is 18.6 Å². The Bertz CT molecular complexity index is 361. The average Bonchev–Trinajstić information content (AvgIpc) is 2.10. The number of nitrogen functional groups attached to an aromatic ring is 1. The highest BCUT2D eigenvalue weighted by Gasteiger charge is 2.07. The molecule has 0 saturated heterocycles. The van der Waals surface area contributed by atoms with Crippen molar-refractivity contribution >= 4 is 11.8 Å². The Kier molecular flexibility index (Phi) is 3.12. The molecule has 0 fully saturated rings. The zero-order valence-corrected chi connectivity index (χ0v) is 7.69. The van der Waals surface area contributed by atoms with Crippen molar-refractivity contribution < 1.29 is 9.53 Å². The van der Waals surface area contributed by atoms with Gasteiger partial charge in [-0.2, -0.15) is 0 Å². The van der Waals surface area contributed by atoms with Crippen LogP contribution in [-0.4, -0.2) is 6.09 Å². The summed E-state index contributed by atoms with van der Waals surface area (Å²) in [5, 5.41) is 0.